The molecule has 80 valence electrons. The summed E-state index contributed by atoms with van der Waals surface area (Å²) in [6, 6.07) is 6.25. The lowest BCUT2D eigenvalue weighted by Crippen LogP contribution is -2.29. The molecule has 0 radical (unpaired) electrons. The van der Waals surface area contributed by atoms with Crippen LogP contribution in [-0.4, -0.2) is 40.2 Å². The van der Waals surface area contributed by atoms with Crippen molar-refractivity contribution in [2.24, 2.45) is 0 Å². The lowest BCUT2D eigenvalue weighted by atomic mass is 10.2. The molecule has 1 fully saturated rings. The molecule has 2 N–H and O–H groups in total. The molecule has 1 aliphatic rings. The first-order chi connectivity index (χ1) is 7.16. The van der Waals surface area contributed by atoms with Crippen LogP contribution >= 0.6 is 0 Å². The van der Waals surface area contributed by atoms with E-state index in [1.807, 2.05) is 0 Å². The van der Waals surface area contributed by atoms with Crippen LogP contribution in [0, 0.1) is 0 Å². The van der Waals surface area contributed by atoms with Crippen molar-refractivity contribution in [1.29, 1.82) is 0 Å². The number of nitrogens with zero attached hydrogens (tertiary/aromatic N) is 1. The minimum absolute atomic E-state index is 0.0839. The van der Waals surface area contributed by atoms with Gasteiger partial charge in [0.2, 0.25) is 0 Å². The third kappa shape index (κ3) is 2.10. The summed E-state index contributed by atoms with van der Waals surface area (Å²) in [5, 5.41) is 18.5. The van der Waals surface area contributed by atoms with Gasteiger partial charge in [-0.2, -0.15) is 0 Å². The minimum Gasteiger partial charge on any atom is -0.508 e. The van der Waals surface area contributed by atoms with E-state index in [2.05, 4.69) is 0 Å². The fourth-order valence-electron chi connectivity index (χ4n) is 1.75. The van der Waals surface area contributed by atoms with Gasteiger partial charge in [0.05, 0.1) is 6.10 Å². The number of hydrogen-bond acceptors (Lipinski definition) is 3. The SMILES string of the molecule is O=C(c1cccc(O)c1)N1CC[C@H](O)C1. The van der Waals surface area contributed by atoms with Crippen LogP contribution in [0.2, 0.25) is 0 Å². The third-order valence-corrected chi connectivity index (χ3v) is 2.54. The van der Waals surface area contributed by atoms with Gasteiger partial charge in [0.25, 0.3) is 5.91 Å². The zero-order valence-electron chi connectivity index (χ0n) is 8.26. The molecule has 1 saturated heterocycles. The topological polar surface area (TPSA) is 60.8 Å². The molecule has 1 aliphatic heterocycles. The number of phenols is 1. The highest BCUT2D eigenvalue weighted by atomic mass is 16.3. The van der Waals surface area contributed by atoms with E-state index in [-0.39, 0.29) is 11.7 Å². The quantitative estimate of drug-likeness (QED) is 0.709. The molecule has 0 aliphatic carbocycles. The number of hydrogen-bond donors (Lipinski definition) is 2. The number of aliphatic hydroxyl groups is 1. The Morgan fingerprint density at radius 3 is 2.87 bits per heavy atom. The molecule has 0 bridgehead atoms. The van der Waals surface area contributed by atoms with E-state index in [9.17, 15) is 15.0 Å². The van der Waals surface area contributed by atoms with Crippen molar-refractivity contribution in [3.63, 3.8) is 0 Å². The van der Waals surface area contributed by atoms with Gasteiger partial charge >= 0.3 is 0 Å². The van der Waals surface area contributed by atoms with E-state index >= 15 is 0 Å². The zero-order chi connectivity index (χ0) is 10.8. The molecule has 4 nitrogen and oxygen atoms in total. The average molecular weight is 207 g/mol. The van der Waals surface area contributed by atoms with Crippen molar-refractivity contribution < 1.29 is 15.0 Å². The Morgan fingerprint density at radius 1 is 1.47 bits per heavy atom. The normalized spacial score (nSPS) is 20.6. The van der Waals surface area contributed by atoms with E-state index in [0.717, 1.165) is 0 Å². The monoisotopic (exact) mass is 207 g/mol. The molecule has 0 spiro atoms. The highest BCUT2D eigenvalue weighted by Gasteiger charge is 2.25. The van der Waals surface area contributed by atoms with Gasteiger partial charge in [-0.3, -0.25) is 4.79 Å². The number of aliphatic hydroxyl groups excluding tert-OH is 1. The van der Waals surface area contributed by atoms with Crippen molar-refractivity contribution in [2.45, 2.75) is 12.5 Å². The summed E-state index contributed by atoms with van der Waals surface area (Å²) in [5.74, 6) is -0.0527. The highest BCUT2D eigenvalue weighted by Crippen LogP contribution is 2.16. The lowest BCUT2D eigenvalue weighted by Gasteiger charge is -2.15. The minimum atomic E-state index is -0.411. The lowest BCUT2D eigenvalue weighted by molar-refractivity contribution is 0.0764. The number of carbonyl (C=O) groups is 1. The smallest absolute Gasteiger partial charge is 0.254 e. The second kappa shape index (κ2) is 3.90. The number of carbonyl (C=O) groups excluding carboxylic acids is 1. The van der Waals surface area contributed by atoms with Crippen molar-refractivity contribution in [3.05, 3.63) is 29.8 Å². The Morgan fingerprint density at radius 2 is 2.27 bits per heavy atom. The van der Waals surface area contributed by atoms with Crippen LogP contribution in [0.15, 0.2) is 24.3 Å². The molecular weight excluding hydrogens is 194 g/mol. The Hall–Kier alpha value is -1.55. The van der Waals surface area contributed by atoms with Gasteiger partial charge in [-0.05, 0) is 24.6 Å². The van der Waals surface area contributed by atoms with Gasteiger partial charge in [0.1, 0.15) is 5.75 Å². The first-order valence-corrected chi connectivity index (χ1v) is 4.93. The maximum Gasteiger partial charge on any atom is 0.254 e. The summed E-state index contributed by atoms with van der Waals surface area (Å²) < 4.78 is 0. The molecular formula is C11H13NO3. The number of β-amino-alcohol motifs (C(OH)–C–C–N with tert-alkyl or cyclic N) is 1. The number of phenolic OH excluding ortho intramolecular Hbond substituents is 1. The molecule has 1 heterocycles. The van der Waals surface area contributed by atoms with E-state index in [4.69, 9.17) is 0 Å². The summed E-state index contributed by atoms with van der Waals surface area (Å²) in [4.78, 5) is 13.4. The standard InChI is InChI=1S/C11H13NO3/c13-9-3-1-2-8(6-9)11(15)12-5-4-10(14)7-12/h1-3,6,10,13-14H,4-5,7H2/t10-/m0/s1. The molecule has 0 unspecified atom stereocenters. The van der Waals surface area contributed by atoms with Crippen molar-refractivity contribution in [1.82, 2.24) is 4.90 Å². The number of rotatable bonds is 1. The van der Waals surface area contributed by atoms with Crippen LogP contribution in [0.25, 0.3) is 0 Å². The van der Waals surface area contributed by atoms with E-state index in [1.165, 1.54) is 12.1 Å². The predicted octanol–water partition coefficient (Wildman–Crippen LogP) is 0.599. The van der Waals surface area contributed by atoms with Gasteiger partial charge in [-0.15, -0.1) is 0 Å². The van der Waals surface area contributed by atoms with Crippen LogP contribution in [0.1, 0.15) is 16.8 Å². The zero-order valence-corrected chi connectivity index (χ0v) is 8.26. The Labute approximate surface area is 87.8 Å². The van der Waals surface area contributed by atoms with Gasteiger partial charge in [-0.1, -0.05) is 6.07 Å². The van der Waals surface area contributed by atoms with Crippen LogP contribution < -0.4 is 0 Å². The van der Waals surface area contributed by atoms with Crippen molar-refractivity contribution in [2.75, 3.05) is 13.1 Å². The van der Waals surface area contributed by atoms with E-state index < -0.39 is 6.10 Å². The largest absolute Gasteiger partial charge is 0.508 e. The number of benzene rings is 1. The summed E-state index contributed by atoms with van der Waals surface area (Å²) >= 11 is 0. The number of aromatic hydroxyl groups is 1. The summed E-state index contributed by atoms with van der Waals surface area (Å²) in [6.07, 6.45) is 0.219. The number of amides is 1. The summed E-state index contributed by atoms with van der Waals surface area (Å²) in [7, 11) is 0. The van der Waals surface area contributed by atoms with Crippen LogP contribution in [0.3, 0.4) is 0 Å². The van der Waals surface area contributed by atoms with Crippen LogP contribution in [0.4, 0.5) is 0 Å². The predicted molar refractivity (Wildman–Crippen MR) is 54.6 cm³/mol. The number of likely N-dealkylation sites (tertiary alicyclic amines) is 1. The fourth-order valence-corrected chi connectivity index (χ4v) is 1.75. The molecule has 1 atom stereocenters. The molecule has 0 saturated carbocycles. The van der Waals surface area contributed by atoms with Gasteiger partial charge < -0.3 is 15.1 Å². The molecule has 2 rings (SSSR count). The van der Waals surface area contributed by atoms with Crippen LogP contribution in [0.5, 0.6) is 5.75 Å². The average Bonchev–Trinajstić information content (AvgIpc) is 2.64. The molecule has 4 heteroatoms. The highest BCUT2D eigenvalue weighted by molar-refractivity contribution is 5.94. The maximum absolute atomic E-state index is 11.8. The maximum atomic E-state index is 11.8. The molecule has 1 amide bonds. The second-order valence-corrected chi connectivity index (χ2v) is 3.74. The van der Waals surface area contributed by atoms with Crippen molar-refractivity contribution in [3.8, 4) is 5.75 Å². The molecule has 15 heavy (non-hydrogen) atoms. The van der Waals surface area contributed by atoms with E-state index in [1.54, 1.807) is 17.0 Å². The van der Waals surface area contributed by atoms with Gasteiger partial charge in [0, 0.05) is 18.7 Å². The summed E-state index contributed by atoms with van der Waals surface area (Å²) in [5.41, 5.74) is 0.462. The van der Waals surface area contributed by atoms with Gasteiger partial charge in [-0.25, -0.2) is 0 Å². The molecule has 0 aromatic heterocycles. The fraction of sp³-hybridized carbons (Fsp3) is 0.364. The Bertz CT molecular complexity index is 378. The first-order valence-electron chi connectivity index (χ1n) is 4.93. The molecule has 1 aromatic carbocycles. The van der Waals surface area contributed by atoms with Gasteiger partial charge in [0.15, 0.2) is 0 Å². The van der Waals surface area contributed by atoms with Crippen molar-refractivity contribution >= 4 is 5.91 Å². The first kappa shape index (κ1) is 9.98. The Balaban J connectivity index is 2.14. The van der Waals surface area contributed by atoms with Crippen LogP contribution in [-0.2, 0) is 0 Å². The van der Waals surface area contributed by atoms with E-state index in [0.29, 0.717) is 25.1 Å². The summed E-state index contributed by atoms with van der Waals surface area (Å²) in [6.45, 7) is 0.962. The second-order valence-electron chi connectivity index (χ2n) is 3.74. The molecule has 1 aromatic rings. The third-order valence-electron chi connectivity index (χ3n) is 2.54. The Kier molecular flexibility index (Phi) is 2.60.